The van der Waals surface area contributed by atoms with Gasteiger partial charge in [-0.3, -0.25) is 4.21 Å². The molecule has 0 aliphatic carbocycles. The van der Waals surface area contributed by atoms with E-state index in [2.05, 4.69) is 11.3 Å². The van der Waals surface area contributed by atoms with Gasteiger partial charge in [0.25, 0.3) is 0 Å². The average Bonchev–Trinajstić information content (AvgIpc) is 2.37. The summed E-state index contributed by atoms with van der Waals surface area (Å²) in [4.78, 5) is 11.8. The van der Waals surface area contributed by atoms with Gasteiger partial charge >= 0.3 is 5.97 Å². The van der Waals surface area contributed by atoms with Gasteiger partial charge in [-0.1, -0.05) is 37.2 Å². The molecule has 0 saturated carbocycles. The second-order valence-electron chi connectivity index (χ2n) is 3.84. The van der Waals surface area contributed by atoms with E-state index in [9.17, 15) is 9.00 Å². The van der Waals surface area contributed by atoms with Crippen molar-refractivity contribution in [2.45, 2.75) is 23.5 Å². The number of halogens is 1. The van der Waals surface area contributed by atoms with Crippen LogP contribution in [0, 0.1) is 0 Å². The molecule has 1 rings (SSSR count). The van der Waals surface area contributed by atoms with Crippen LogP contribution in [0.4, 0.5) is 0 Å². The van der Waals surface area contributed by atoms with Gasteiger partial charge in [0.15, 0.2) is 0 Å². The van der Waals surface area contributed by atoms with Gasteiger partial charge in [0.1, 0.15) is 0 Å². The van der Waals surface area contributed by atoms with Gasteiger partial charge < -0.3 is 4.74 Å². The van der Waals surface area contributed by atoms with Crippen molar-refractivity contribution in [2.75, 3.05) is 7.11 Å². The molecule has 1 unspecified atom stereocenters. The second-order valence-corrected chi connectivity index (χ2v) is 6.08. The first-order valence-corrected chi connectivity index (χ1v) is 6.97. The van der Waals surface area contributed by atoms with Crippen LogP contribution in [0.25, 0.3) is 0 Å². The maximum Gasteiger partial charge on any atom is 0.333 e. The first-order chi connectivity index (χ1) is 8.47. The van der Waals surface area contributed by atoms with Crippen molar-refractivity contribution < 1.29 is 13.7 Å². The summed E-state index contributed by atoms with van der Waals surface area (Å²) in [6, 6.07) is 6.97. The first-order valence-electron chi connectivity index (χ1n) is 5.38. The molecule has 0 N–H and O–H groups in total. The molecule has 5 heteroatoms. The molecule has 0 bridgehead atoms. The third-order valence-electron chi connectivity index (χ3n) is 2.43. The Balaban J connectivity index is 2.77. The Morgan fingerprint density at radius 2 is 2.11 bits per heavy atom. The van der Waals surface area contributed by atoms with E-state index < -0.39 is 16.8 Å². The molecule has 1 aromatic carbocycles. The lowest BCUT2D eigenvalue weighted by atomic mass is 10.2. The number of rotatable bonds is 5. The fourth-order valence-electron chi connectivity index (χ4n) is 1.47. The minimum atomic E-state index is -1.28. The van der Waals surface area contributed by atoms with E-state index in [4.69, 9.17) is 11.6 Å². The summed E-state index contributed by atoms with van der Waals surface area (Å²) in [5.74, 6) is -0.474. The van der Waals surface area contributed by atoms with Crippen LogP contribution in [0.15, 0.2) is 41.3 Å². The predicted octanol–water partition coefficient (Wildman–Crippen LogP) is 2.96. The summed E-state index contributed by atoms with van der Waals surface area (Å²) < 4.78 is 16.8. The van der Waals surface area contributed by atoms with Crippen LogP contribution < -0.4 is 0 Å². The standard InChI is InChI=1S/C13H15ClO3S/c1-9(13(15)17-3)8-10(2)18(16)12-7-5-4-6-11(12)14/h4-7,10H,1,8H2,2-3H3/t10-,18?/m1/s1. The molecule has 0 aliphatic rings. The molecule has 0 radical (unpaired) electrons. The smallest absolute Gasteiger partial charge is 0.333 e. The van der Waals surface area contributed by atoms with Gasteiger partial charge in [-0.25, -0.2) is 4.79 Å². The fraction of sp³-hybridized carbons (Fsp3) is 0.308. The van der Waals surface area contributed by atoms with Crippen LogP contribution in [0.3, 0.4) is 0 Å². The monoisotopic (exact) mass is 286 g/mol. The Morgan fingerprint density at radius 1 is 1.50 bits per heavy atom. The Kier molecular flexibility index (Phi) is 5.56. The maximum absolute atomic E-state index is 12.2. The van der Waals surface area contributed by atoms with Gasteiger partial charge in [0, 0.05) is 10.8 Å². The lowest BCUT2D eigenvalue weighted by molar-refractivity contribution is -0.136. The zero-order valence-electron chi connectivity index (χ0n) is 10.3. The third kappa shape index (κ3) is 3.68. The SMILES string of the molecule is C=C(C[C@@H](C)S(=O)c1ccccc1Cl)C(=O)OC. The molecule has 18 heavy (non-hydrogen) atoms. The number of esters is 1. The van der Waals surface area contributed by atoms with Crippen molar-refractivity contribution in [2.24, 2.45) is 0 Å². The number of methoxy groups -OCH3 is 1. The topological polar surface area (TPSA) is 43.4 Å². The lowest BCUT2D eigenvalue weighted by Crippen LogP contribution is -2.16. The quantitative estimate of drug-likeness (QED) is 0.617. The Morgan fingerprint density at radius 3 is 2.67 bits per heavy atom. The highest BCUT2D eigenvalue weighted by Gasteiger charge is 2.19. The van der Waals surface area contributed by atoms with E-state index in [1.54, 1.807) is 31.2 Å². The largest absolute Gasteiger partial charge is 0.466 e. The van der Waals surface area contributed by atoms with Gasteiger partial charge in [-0.05, 0) is 18.6 Å². The van der Waals surface area contributed by atoms with Crippen LogP contribution in [-0.2, 0) is 20.3 Å². The molecule has 0 saturated heterocycles. The fourth-order valence-corrected chi connectivity index (χ4v) is 3.10. The Labute approximate surface area is 114 Å². The Hall–Kier alpha value is -1.13. The van der Waals surface area contributed by atoms with Crippen LogP contribution in [0.1, 0.15) is 13.3 Å². The minimum absolute atomic E-state index is 0.253. The van der Waals surface area contributed by atoms with E-state index in [0.717, 1.165) is 0 Å². The number of hydrogen-bond acceptors (Lipinski definition) is 3. The third-order valence-corrected chi connectivity index (χ3v) is 4.56. The van der Waals surface area contributed by atoms with E-state index in [1.807, 2.05) is 0 Å². The zero-order valence-corrected chi connectivity index (χ0v) is 11.9. The highest BCUT2D eigenvalue weighted by atomic mass is 35.5. The van der Waals surface area contributed by atoms with E-state index in [1.165, 1.54) is 7.11 Å². The van der Waals surface area contributed by atoms with Gasteiger partial charge in [0.05, 0.1) is 27.8 Å². The van der Waals surface area contributed by atoms with Crippen molar-refractivity contribution >= 4 is 28.4 Å². The number of carbonyl (C=O) groups excluding carboxylic acids is 1. The number of benzene rings is 1. The minimum Gasteiger partial charge on any atom is -0.466 e. The van der Waals surface area contributed by atoms with Crippen molar-refractivity contribution in [3.05, 3.63) is 41.4 Å². The first kappa shape index (κ1) is 14.9. The van der Waals surface area contributed by atoms with Crippen LogP contribution in [0.5, 0.6) is 0 Å². The van der Waals surface area contributed by atoms with Crippen molar-refractivity contribution in [1.29, 1.82) is 0 Å². The second kappa shape index (κ2) is 6.71. The molecule has 0 heterocycles. The van der Waals surface area contributed by atoms with Crippen LogP contribution in [0.2, 0.25) is 5.02 Å². The summed E-state index contributed by atoms with van der Waals surface area (Å²) in [5.41, 5.74) is 0.311. The molecule has 0 spiro atoms. The highest BCUT2D eigenvalue weighted by Crippen LogP contribution is 2.23. The molecular formula is C13H15ClO3S. The molecule has 0 amide bonds. The molecule has 0 aromatic heterocycles. The number of hydrogen-bond donors (Lipinski definition) is 0. The summed E-state index contributed by atoms with van der Waals surface area (Å²) in [6.45, 7) is 5.41. The molecule has 3 nitrogen and oxygen atoms in total. The van der Waals surface area contributed by atoms with Gasteiger partial charge in [0.2, 0.25) is 0 Å². The van der Waals surface area contributed by atoms with E-state index >= 15 is 0 Å². The molecule has 98 valence electrons. The van der Waals surface area contributed by atoms with E-state index in [0.29, 0.717) is 21.9 Å². The normalized spacial score (nSPS) is 13.7. The van der Waals surface area contributed by atoms with Gasteiger partial charge in [-0.2, -0.15) is 0 Å². The zero-order chi connectivity index (χ0) is 13.7. The van der Waals surface area contributed by atoms with Crippen LogP contribution >= 0.6 is 11.6 Å². The van der Waals surface area contributed by atoms with Crippen molar-refractivity contribution in [1.82, 2.24) is 0 Å². The number of carbonyl (C=O) groups is 1. The van der Waals surface area contributed by atoms with Crippen LogP contribution in [-0.4, -0.2) is 22.5 Å². The summed E-state index contributed by atoms with van der Waals surface area (Å²) in [5, 5.41) is 0.211. The number of ether oxygens (including phenoxy) is 1. The molecule has 0 fully saturated rings. The summed E-state index contributed by atoms with van der Waals surface area (Å²) in [7, 11) is 0.0155. The molecule has 0 aliphatic heterocycles. The van der Waals surface area contributed by atoms with E-state index in [-0.39, 0.29) is 5.25 Å². The van der Waals surface area contributed by atoms with Crippen molar-refractivity contribution in [3.8, 4) is 0 Å². The molecular weight excluding hydrogens is 272 g/mol. The Bertz CT molecular complexity index is 485. The highest BCUT2D eigenvalue weighted by molar-refractivity contribution is 7.85. The predicted molar refractivity (Wildman–Crippen MR) is 73.1 cm³/mol. The summed E-state index contributed by atoms with van der Waals surface area (Å²) in [6.07, 6.45) is 0.310. The molecule has 2 atom stereocenters. The average molecular weight is 287 g/mol. The van der Waals surface area contributed by atoms with Gasteiger partial charge in [-0.15, -0.1) is 0 Å². The molecule has 1 aromatic rings. The van der Waals surface area contributed by atoms with Crippen molar-refractivity contribution in [3.63, 3.8) is 0 Å². The summed E-state index contributed by atoms with van der Waals surface area (Å²) >= 11 is 5.98. The lowest BCUT2D eigenvalue weighted by Gasteiger charge is -2.13. The maximum atomic E-state index is 12.2.